The summed E-state index contributed by atoms with van der Waals surface area (Å²) in [6, 6.07) is 0. The first-order valence-corrected chi connectivity index (χ1v) is 7.49. The highest BCUT2D eigenvalue weighted by atomic mass is 16.6. The van der Waals surface area contributed by atoms with E-state index in [1.807, 2.05) is 0 Å². The van der Waals surface area contributed by atoms with Gasteiger partial charge in [-0.15, -0.1) is 6.58 Å². The predicted octanol–water partition coefficient (Wildman–Crippen LogP) is 4.74. The first-order chi connectivity index (χ1) is 8.88. The smallest absolute Gasteiger partial charge is 0.0572 e. The highest BCUT2D eigenvalue weighted by molar-refractivity contribution is 5.16. The molecule has 0 aliphatic carbocycles. The van der Waals surface area contributed by atoms with Crippen molar-refractivity contribution < 1.29 is 4.84 Å². The molecular weight excluding hydrogens is 234 g/mol. The second-order valence-corrected chi connectivity index (χ2v) is 6.20. The molecule has 2 unspecified atom stereocenters. The van der Waals surface area contributed by atoms with Crippen LogP contribution in [0.3, 0.4) is 0 Å². The molecule has 112 valence electrons. The van der Waals surface area contributed by atoms with E-state index >= 15 is 0 Å². The van der Waals surface area contributed by atoms with Crippen molar-refractivity contribution in [2.24, 2.45) is 17.3 Å². The first kappa shape index (κ1) is 18.4. The predicted molar refractivity (Wildman–Crippen MR) is 84.9 cm³/mol. The van der Waals surface area contributed by atoms with Gasteiger partial charge in [0, 0.05) is 12.0 Å². The molecule has 0 fully saturated rings. The highest BCUT2D eigenvalue weighted by Crippen LogP contribution is 2.31. The van der Waals surface area contributed by atoms with Gasteiger partial charge in [0.05, 0.1) is 7.11 Å². The lowest BCUT2D eigenvalue weighted by atomic mass is 9.80. The fourth-order valence-electron chi connectivity index (χ4n) is 2.36. The Labute approximate surface area is 120 Å². The molecule has 0 aromatic rings. The van der Waals surface area contributed by atoms with Crippen molar-refractivity contribution in [1.82, 2.24) is 5.48 Å². The maximum atomic E-state index is 4.93. The van der Waals surface area contributed by atoms with Crippen LogP contribution in [0.15, 0.2) is 24.3 Å². The molecule has 2 atom stereocenters. The molecule has 0 aromatic carbocycles. The Morgan fingerprint density at radius 2 is 2.00 bits per heavy atom. The maximum absolute atomic E-state index is 4.93. The second kappa shape index (κ2) is 9.33. The molecule has 1 N–H and O–H groups in total. The quantitative estimate of drug-likeness (QED) is 0.456. The zero-order valence-corrected chi connectivity index (χ0v) is 13.8. The van der Waals surface area contributed by atoms with Crippen LogP contribution in [0.5, 0.6) is 0 Å². The van der Waals surface area contributed by atoms with E-state index in [2.05, 4.69) is 58.8 Å². The van der Waals surface area contributed by atoms with E-state index in [-0.39, 0.29) is 5.41 Å². The molecule has 0 aliphatic rings. The Bertz CT molecular complexity index is 283. The average Bonchev–Trinajstić information content (AvgIpc) is 2.35. The third-order valence-electron chi connectivity index (χ3n) is 3.67. The van der Waals surface area contributed by atoms with Gasteiger partial charge >= 0.3 is 0 Å². The molecule has 19 heavy (non-hydrogen) atoms. The number of allylic oxidation sites excluding steroid dienone is 3. The molecular formula is C17H33NO. The fourth-order valence-corrected chi connectivity index (χ4v) is 2.36. The van der Waals surface area contributed by atoms with Crippen molar-refractivity contribution >= 4 is 0 Å². The monoisotopic (exact) mass is 267 g/mol. The van der Waals surface area contributed by atoms with Crippen LogP contribution in [-0.4, -0.2) is 13.7 Å². The fraction of sp³-hybridized carbons (Fsp3) is 0.765. The summed E-state index contributed by atoms with van der Waals surface area (Å²) < 4.78 is 0. The van der Waals surface area contributed by atoms with Crippen LogP contribution >= 0.6 is 0 Å². The molecule has 0 bridgehead atoms. The zero-order valence-electron chi connectivity index (χ0n) is 13.8. The van der Waals surface area contributed by atoms with Gasteiger partial charge in [0.2, 0.25) is 0 Å². The third kappa shape index (κ3) is 7.54. The summed E-state index contributed by atoms with van der Waals surface area (Å²) in [7, 11) is 1.67. The number of rotatable bonds is 10. The SMILES string of the molecule is C=CC(C)(/C=C(\CC(C)CNOC)C(C)C)CCC. The summed E-state index contributed by atoms with van der Waals surface area (Å²) in [6.45, 7) is 16.2. The van der Waals surface area contributed by atoms with Crippen molar-refractivity contribution in [1.29, 1.82) is 0 Å². The minimum absolute atomic E-state index is 0.128. The lowest BCUT2D eigenvalue weighted by Gasteiger charge is -2.26. The molecule has 0 aromatic heterocycles. The van der Waals surface area contributed by atoms with E-state index in [1.54, 1.807) is 7.11 Å². The molecule has 0 spiro atoms. The van der Waals surface area contributed by atoms with Crippen LogP contribution < -0.4 is 5.48 Å². The minimum atomic E-state index is 0.128. The number of hydrogen-bond donors (Lipinski definition) is 1. The summed E-state index contributed by atoms with van der Waals surface area (Å²) in [5.41, 5.74) is 4.60. The van der Waals surface area contributed by atoms with Gasteiger partial charge in [-0.05, 0) is 24.7 Å². The summed E-state index contributed by atoms with van der Waals surface area (Å²) in [5, 5.41) is 0. The molecule has 2 nitrogen and oxygen atoms in total. The van der Waals surface area contributed by atoms with Gasteiger partial charge in [0.1, 0.15) is 0 Å². The minimum Gasteiger partial charge on any atom is -0.305 e. The molecule has 0 saturated carbocycles. The van der Waals surface area contributed by atoms with E-state index in [4.69, 9.17) is 4.84 Å². The number of nitrogens with one attached hydrogen (secondary N) is 1. The Morgan fingerprint density at radius 3 is 2.42 bits per heavy atom. The van der Waals surface area contributed by atoms with Gasteiger partial charge in [0.25, 0.3) is 0 Å². The maximum Gasteiger partial charge on any atom is 0.0572 e. The Balaban J connectivity index is 4.83. The first-order valence-electron chi connectivity index (χ1n) is 7.49. The molecule has 0 aliphatic heterocycles. The molecule has 0 amide bonds. The molecule has 0 rings (SSSR count). The van der Waals surface area contributed by atoms with Crippen molar-refractivity contribution in [3.8, 4) is 0 Å². The van der Waals surface area contributed by atoms with Gasteiger partial charge < -0.3 is 4.84 Å². The second-order valence-electron chi connectivity index (χ2n) is 6.20. The number of hydrogen-bond acceptors (Lipinski definition) is 2. The van der Waals surface area contributed by atoms with E-state index in [0.717, 1.165) is 19.4 Å². The van der Waals surface area contributed by atoms with Gasteiger partial charge in [-0.3, -0.25) is 0 Å². The summed E-state index contributed by atoms with van der Waals surface area (Å²) in [4.78, 5) is 4.93. The molecule has 2 heteroatoms. The zero-order chi connectivity index (χ0) is 14.9. The van der Waals surface area contributed by atoms with Gasteiger partial charge in [-0.2, -0.15) is 0 Å². The highest BCUT2D eigenvalue weighted by Gasteiger charge is 2.19. The van der Waals surface area contributed by atoms with Crippen molar-refractivity contribution in [2.75, 3.05) is 13.7 Å². The normalized spacial score (nSPS) is 17.3. The summed E-state index contributed by atoms with van der Waals surface area (Å²) in [5.74, 6) is 1.16. The van der Waals surface area contributed by atoms with Gasteiger partial charge in [-0.1, -0.05) is 58.8 Å². The van der Waals surface area contributed by atoms with Crippen LogP contribution in [0.1, 0.15) is 53.9 Å². The van der Waals surface area contributed by atoms with Crippen molar-refractivity contribution in [2.45, 2.75) is 53.9 Å². The lowest BCUT2D eigenvalue weighted by Crippen LogP contribution is -2.21. The Morgan fingerprint density at radius 1 is 1.37 bits per heavy atom. The van der Waals surface area contributed by atoms with E-state index in [9.17, 15) is 0 Å². The largest absolute Gasteiger partial charge is 0.305 e. The van der Waals surface area contributed by atoms with E-state index < -0.39 is 0 Å². The summed E-state index contributed by atoms with van der Waals surface area (Å²) in [6.07, 6.45) is 8.00. The van der Waals surface area contributed by atoms with Crippen molar-refractivity contribution in [3.63, 3.8) is 0 Å². The molecule has 0 heterocycles. The lowest BCUT2D eigenvalue weighted by molar-refractivity contribution is 0.0814. The average molecular weight is 267 g/mol. The van der Waals surface area contributed by atoms with Crippen LogP contribution in [0.4, 0.5) is 0 Å². The van der Waals surface area contributed by atoms with Crippen LogP contribution in [0.2, 0.25) is 0 Å². The Hall–Kier alpha value is -0.600. The van der Waals surface area contributed by atoms with Crippen molar-refractivity contribution in [3.05, 3.63) is 24.3 Å². The topological polar surface area (TPSA) is 21.3 Å². The van der Waals surface area contributed by atoms with Gasteiger partial charge in [0.15, 0.2) is 0 Å². The standard InChI is InChI=1S/C17H33NO/c1-8-10-17(6,9-2)12-16(14(3)4)11-15(5)13-18-19-7/h9,12,14-15,18H,2,8,10-11,13H2,1,3-7H3/b16-12+. The van der Waals surface area contributed by atoms with Crippen LogP contribution in [0, 0.1) is 17.3 Å². The van der Waals surface area contributed by atoms with E-state index in [0.29, 0.717) is 11.8 Å². The van der Waals surface area contributed by atoms with Crippen LogP contribution in [-0.2, 0) is 4.84 Å². The van der Waals surface area contributed by atoms with Gasteiger partial charge in [-0.25, -0.2) is 5.48 Å². The summed E-state index contributed by atoms with van der Waals surface area (Å²) >= 11 is 0. The Kier molecular flexibility index (Phi) is 9.03. The number of hydroxylamine groups is 1. The molecule has 0 radical (unpaired) electrons. The third-order valence-corrected chi connectivity index (χ3v) is 3.67. The van der Waals surface area contributed by atoms with Crippen LogP contribution in [0.25, 0.3) is 0 Å². The van der Waals surface area contributed by atoms with E-state index in [1.165, 1.54) is 12.0 Å². The molecule has 0 saturated heterocycles.